The maximum atomic E-state index is 13.2. The summed E-state index contributed by atoms with van der Waals surface area (Å²) in [6.45, 7) is 7.11. The fourth-order valence-corrected chi connectivity index (χ4v) is 7.24. The molecule has 16 nitrogen and oxygen atoms in total. The van der Waals surface area contributed by atoms with Crippen molar-refractivity contribution < 1.29 is 28.7 Å². The molecule has 284 valence electrons. The molecular weight excluding hydrogens is 728 g/mol. The Morgan fingerprint density at radius 2 is 1.85 bits per heavy atom. The minimum atomic E-state index is -0.988. The van der Waals surface area contributed by atoms with E-state index in [1.54, 1.807) is 41.1 Å². The lowest BCUT2D eigenvalue weighted by Crippen LogP contribution is -2.54. The van der Waals surface area contributed by atoms with Gasteiger partial charge in [-0.2, -0.15) is 15.5 Å². The smallest absolute Gasteiger partial charge is 0.272 e. The number of rotatable bonds is 13. The third-order valence-corrected chi connectivity index (χ3v) is 10.2. The number of carbonyl (C=O) groups is 5. The number of hydrogen-bond donors (Lipinski definition) is 3. The number of benzene rings is 2. The summed E-state index contributed by atoms with van der Waals surface area (Å²) in [5.74, 6) is -2.36. The lowest BCUT2D eigenvalue weighted by atomic mass is 10.0. The van der Waals surface area contributed by atoms with Crippen LogP contribution in [0.15, 0.2) is 54.7 Å². The SMILES string of the molecule is CC(Cn1ccc(-c2ccc(C#N)c(Cl)c2)n1)NC(=O)c1cc(COCCCN2CCN(c3ccc4c(c3)C(=O)N(C3CCC(=O)NC3=O)C4=O)CC2)[nH]n1. The number of hydrogen-bond acceptors (Lipinski definition) is 11. The van der Waals surface area contributed by atoms with Gasteiger partial charge in [-0.05, 0) is 62.2 Å². The van der Waals surface area contributed by atoms with E-state index in [9.17, 15) is 24.0 Å². The van der Waals surface area contributed by atoms with Gasteiger partial charge in [-0.15, -0.1) is 0 Å². The van der Waals surface area contributed by atoms with Crippen LogP contribution >= 0.6 is 11.6 Å². The number of imide groups is 2. The van der Waals surface area contributed by atoms with Crippen molar-refractivity contribution in [3.63, 3.8) is 0 Å². The summed E-state index contributed by atoms with van der Waals surface area (Å²) in [7, 11) is 0. The molecule has 0 aliphatic carbocycles. The van der Waals surface area contributed by atoms with E-state index in [0.717, 1.165) is 55.3 Å². The first kappa shape index (κ1) is 37.4. The van der Waals surface area contributed by atoms with Crippen LogP contribution in [0.3, 0.4) is 0 Å². The van der Waals surface area contributed by atoms with E-state index in [-0.39, 0.29) is 41.6 Å². The average molecular weight is 767 g/mol. The topological polar surface area (TPSA) is 199 Å². The van der Waals surface area contributed by atoms with Crippen LogP contribution in [-0.2, 0) is 27.5 Å². The number of H-pyrrole nitrogens is 1. The molecule has 5 heterocycles. The van der Waals surface area contributed by atoms with Gasteiger partial charge < -0.3 is 15.0 Å². The number of amides is 5. The first-order valence-electron chi connectivity index (χ1n) is 18.1. The molecule has 5 amide bonds. The molecule has 0 saturated carbocycles. The Morgan fingerprint density at radius 1 is 1.05 bits per heavy atom. The van der Waals surface area contributed by atoms with Gasteiger partial charge in [-0.1, -0.05) is 17.7 Å². The summed E-state index contributed by atoms with van der Waals surface area (Å²) in [4.78, 5) is 68.6. The summed E-state index contributed by atoms with van der Waals surface area (Å²) in [5.41, 5.74) is 4.25. The molecule has 2 unspecified atom stereocenters. The Kier molecular flexibility index (Phi) is 11.0. The van der Waals surface area contributed by atoms with Crippen molar-refractivity contribution in [1.82, 2.24) is 40.4 Å². The zero-order valence-electron chi connectivity index (χ0n) is 30.1. The van der Waals surface area contributed by atoms with Crippen LogP contribution in [-0.4, -0.2) is 111 Å². The zero-order valence-corrected chi connectivity index (χ0v) is 30.8. The van der Waals surface area contributed by atoms with Gasteiger partial charge in [0.25, 0.3) is 17.7 Å². The van der Waals surface area contributed by atoms with E-state index in [1.807, 2.05) is 31.3 Å². The number of fused-ring (bicyclic) bond motifs is 1. The van der Waals surface area contributed by atoms with Crippen LogP contribution in [0.1, 0.15) is 68.6 Å². The number of ether oxygens (including phenoxy) is 1. The van der Waals surface area contributed by atoms with Gasteiger partial charge in [0, 0.05) is 69.2 Å². The van der Waals surface area contributed by atoms with Gasteiger partial charge in [-0.25, -0.2) is 0 Å². The van der Waals surface area contributed by atoms with Gasteiger partial charge in [0.15, 0.2) is 0 Å². The van der Waals surface area contributed by atoms with Crippen molar-refractivity contribution in [3.8, 4) is 17.3 Å². The number of aromatic amines is 1. The minimum absolute atomic E-state index is 0.0785. The Morgan fingerprint density at radius 3 is 2.62 bits per heavy atom. The maximum absolute atomic E-state index is 13.2. The van der Waals surface area contributed by atoms with Crippen LogP contribution in [0.4, 0.5) is 5.69 Å². The quantitative estimate of drug-likeness (QED) is 0.134. The van der Waals surface area contributed by atoms with Crippen LogP contribution in [0.25, 0.3) is 11.3 Å². The van der Waals surface area contributed by atoms with E-state index < -0.39 is 29.7 Å². The van der Waals surface area contributed by atoms with Gasteiger partial charge in [-0.3, -0.25) is 48.9 Å². The van der Waals surface area contributed by atoms with Crippen molar-refractivity contribution in [2.24, 2.45) is 0 Å². The normalized spacial score (nSPS) is 17.9. The largest absolute Gasteiger partial charge is 0.375 e. The standard InChI is InChI=1S/C38H39ClN10O6/c1-23(21-48-11-9-31(45-48)24-3-4-25(20-40)30(39)17-24)41-35(51)32-18-26(43-44-32)22-55-16-2-10-46-12-14-47(15-13-46)27-5-6-28-29(19-27)38(54)49(37(28)53)33-7-8-34(50)42-36(33)52/h3-6,9,11,17-19,23,33H,2,7-8,10,12-16,21-22H2,1H3,(H,41,51)(H,43,44)(H,42,50,52). The molecule has 0 radical (unpaired) electrons. The number of nitrogens with zero attached hydrogens (tertiary/aromatic N) is 7. The summed E-state index contributed by atoms with van der Waals surface area (Å²) in [6, 6.07) is 14.7. The van der Waals surface area contributed by atoms with Crippen LogP contribution in [0.2, 0.25) is 5.02 Å². The van der Waals surface area contributed by atoms with E-state index in [4.69, 9.17) is 21.6 Å². The first-order chi connectivity index (χ1) is 26.6. The number of carbonyl (C=O) groups excluding carboxylic acids is 5. The molecule has 2 saturated heterocycles. The predicted molar refractivity (Wildman–Crippen MR) is 199 cm³/mol. The van der Waals surface area contributed by atoms with Crippen molar-refractivity contribution in [2.45, 2.75) is 51.4 Å². The van der Waals surface area contributed by atoms with Crippen LogP contribution < -0.4 is 15.5 Å². The van der Waals surface area contributed by atoms with Gasteiger partial charge in [0.05, 0.1) is 46.3 Å². The Balaban J connectivity index is 0.802. The summed E-state index contributed by atoms with van der Waals surface area (Å²) in [6.07, 6.45) is 2.84. The third kappa shape index (κ3) is 8.29. The summed E-state index contributed by atoms with van der Waals surface area (Å²) < 4.78 is 7.59. The molecule has 7 rings (SSSR count). The molecule has 2 aromatic heterocycles. The van der Waals surface area contributed by atoms with Crippen LogP contribution in [0, 0.1) is 11.3 Å². The Hall–Kier alpha value is -5.89. The molecule has 0 spiro atoms. The fourth-order valence-electron chi connectivity index (χ4n) is 7.02. The number of aromatic nitrogens is 4. The second kappa shape index (κ2) is 16.2. The molecule has 3 aliphatic heterocycles. The van der Waals surface area contributed by atoms with Crippen molar-refractivity contribution in [3.05, 3.63) is 87.8 Å². The number of nitrogens with one attached hydrogen (secondary N) is 3. The monoisotopic (exact) mass is 766 g/mol. The fraction of sp³-hybridized carbons (Fsp3) is 0.368. The van der Waals surface area contributed by atoms with E-state index in [0.29, 0.717) is 41.7 Å². The highest BCUT2D eigenvalue weighted by Gasteiger charge is 2.44. The average Bonchev–Trinajstić information content (AvgIpc) is 3.91. The molecule has 0 bridgehead atoms. The molecule has 2 fully saturated rings. The zero-order chi connectivity index (χ0) is 38.6. The van der Waals surface area contributed by atoms with Crippen molar-refractivity contribution in [1.29, 1.82) is 5.26 Å². The van der Waals surface area contributed by atoms with Gasteiger partial charge in [0.2, 0.25) is 11.8 Å². The Labute approximate surface area is 321 Å². The molecule has 55 heavy (non-hydrogen) atoms. The minimum Gasteiger partial charge on any atom is -0.375 e. The first-order valence-corrected chi connectivity index (χ1v) is 18.4. The van der Waals surface area contributed by atoms with Crippen LogP contribution in [0.5, 0.6) is 0 Å². The molecule has 4 aromatic rings. The molecule has 2 atom stereocenters. The molecule has 3 N–H and O–H groups in total. The van der Waals surface area contributed by atoms with E-state index in [1.165, 1.54) is 0 Å². The molecule has 3 aliphatic rings. The van der Waals surface area contributed by atoms with E-state index in [2.05, 4.69) is 35.7 Å². The predicted octanol–water partition coefficient (Wildman–Crippen LogP) is 2.75. The van der Waals surface area contributed by atoms with E-state index >= 15 is 0 Å². The van der Waals surface area contributed by atoms with Crippen molar-refractivity contribution in [2.75, 3.05) is 44.2 Å². The number of piperidine rings is 1. The number of halogens is 1. The molecule has 17 heteroatoms. The Bertz CT molecular complexity index is 2180. The summed E-state index contributed by atoms with van der Waals surface area (Å²) >= 11 is 6.17. The highest BCUT2D eigenvalue weighted by atomic mass is 35.5. The third-order valence-electron chi connectivity index (χ3n) is 9.91. The molecular formula is C38H39ClN10O6. The highest BCUT2D eigenvalue weighted by Crippen LogP contribution is 2.31. The second-order valence-corrected chi connectivity index (χ2v) is 14.2. The highest BCUT2D eigenvalue weighted by molar-refractivity contribution is 6.32. The van der Waals surface area contributed by atoms with Gasteiger partial charge >= 0.3 is 0 Å². The lowest BCUT2D eigenvalue weighted by molar-refractivity contribution is -0.136. The number of anilines is 1. The van der Waals surface area contributed by atoms with Crippen molar-refractivity contribution >= 4 is 46.8 Å². The number of nitriles is 1. The molecule has 2 aromatic carbocycles. The maximum Gasteiger partial charge on any atom is 0.272 e. The lowest BCUT2D eigenvalue weighted by Gasteiger charge is -2.36. The second-order valence-electron chi connectivity index (χ2n) is 13.8. The number of piperazine rings is 1. The van der Waals surface area contributed by atoms with Gasteiger partial charge in [0.1, 0.15) is 17.8 Å². The summed E-state index contributed by atoms with van der Waals surface area (Å²) in [5, 5.41) is 26.2.